The number of ether oxygens (including phenoxy) is 2. The molecule has 2 fully saturated rings. The van der Waals surface area contributed by atoms with Gasteiger partial charge in [0.25, 0.3) is 0 Å². The van der Waals surface area contributed by atoms with Crippen LogP contribution in [0.5, 0.6) is 0 Å². The predicted octanol–water partition coefficient (Wildman–Crippen LogP) is 3.09. The SMILES string of the molecule is C=C(C)C(=O)OCCNC(=O)OCCN1CCN=C1C(C)(C)CC(C)N1CCCC1=O.CC(CC(C)(C)C1=NCCN1CCO)N1CCCC1=O. The van der Waals surface area contributed by atoms with Crippen LogP contribution < -0.4 is 5.32 Å². The summed E-state index contributed by atoms with van der Waals surface area (Å²) < 4.78 is 10.1. The summed E-state index contributed by atoms with van der Waals surface area (Å²) in [5.41, 5.74) is 0.0670. The van der Waals surface area contributed by atoms with Crippen molar-refractivity contribution in [2.24, 2.45) is 20.8 Å². The van der Waals surface area contributed by atoms with Crippen molar-refractivity contribution in [3.63, 3.8) is 0 Å². The van der Waals surface area contributed by atoms with Gasteiger partial charge < -0.3 is 39.5 Å². The Morgan fingerprint density at radius 1 is 0.824 bits per heavy atom. The van der Waals surface area contributed by atoms with Crippen LogP contribution in [-0.2, 0) is 23.9 Å². The summed E-state index contributed by atoms with van der Waals surface area (Å²) in [6.07, 6.45) is 4.46. The topological polar surface area (TPSA) is 157 Å². The van der Waals surface area contributed by atoms with E-state index in [1.807, 2.05) is 9.80 Å². The molecule has 51 heavy (non-hydrogen) atoms. The van der Waals surface area contributed by atoms with Gasteiger partial charge >= 0.3 is 12.1 Å². The molecule has 0 spiro atoms. The van der Waals surface area contributed by atoms with E-state index < -0.39 is 12.1 Å². The molecule has 0 aromatic heterocycles. The molecule has 3 amide bonds. The van der Waals surface area contributed by atoms with Crippen LogP contribution in [0.3, 0.4) is 0 Å². The van der Waals surface area contributed by atoms with Crippen LogP contribution >= 0.6 is 0 Å². The van der Waals surface area contributed by atoms with Crippen molar-refractivity contribution in [3.05, 3.63) is 12.2 Å². The number of carbonyl (C=O) groups is 4. The highest BCUT2D eigenvalue weighted by Crippen LogP contribution is 2.32. The third kappa shape index (κ3) is 12.2. The Bertz CT molecular complexity index is 1300. The smallest absolute Gasteiger partial charge is 0.407 e. The summed E-state index contributed by atoms with van der Waals surface area (Å²) in [5, 5.41) is 11.7. The third-order valence-electron chi connectivity index (χ3n) is 9.89. The largest absolute Gasteiger partial charge is 0.460 e. The predicted molar refractivity (Wildman–Crippen MR) is 198 cm³/mol. The van der Waals surface area contributed by atoms with Gasteiger partial charge in [0.2, 0.25) is 11.8 Å². The first kappa shape index (κ1) is 41.7. The van der Waals surface area contributed by atoms with Crippen LogP contribution in [0.4, 0.5) is 4.79 Å². The molecule has 4 aliphatic heterocycles. The van der Waals surface area contributed by atoms with Crippen molar-refractivity contribution in [3.8, 4) is 0 Å². The molecule has 14 heteroatoms. The first-order valence-electron chi connectivity index (χ1n) is 18.6. The highest BCUT2D eigenvalue weighted by Gasteiger charge is 2.38. The zero-order chi connectivity index (χ0) is 37.8. The second kappa shape index (κ2) is 19.2. The number of β-amino-alcohol motifs (C(OH)–C–C–N with tert-alkyl or cyclic N) is 1. The minimum atomic E-state index is -0.551. The molecule has 4 heterocycles. The molecule has 0 aliphatic carbocycles. The van der Waals surface area contributed by atoms with E-state index >= 15 is 0 Å². The van der Waals surface area contributed by atoms with Gasteiger partial charge in [-0.25, -0.2) is 9.59 Å². The minimum absolute atomic E-state index is 0.0616. The maximum absolute atomic E-state index is 12.1. The number of rotatable bonds is 17. The van der Waals surface area contributed by atoms with E-state index in [4.69, 9.17) is 19.6 Å². The molecule has 4 rings (SSSR count). The third-order valence-corrected chi connectivity index (χ3v) is 9.89. The lowest BCUT2D eigenvalue weighted by Gasteiger charge is -2.36. The minimum Gasteiger partial charge on any atom is -0.460 e. The number of aliphatic imine (C=N–C) groups is 2. The van der Waals surface area contributed by atoms with Crippen LogP contribution in [0.15, 0.2) is 22.1 Å². The molecule has 2 unspecified atom stereocenters. The average Bonchev–Trinajstić information content (AvgIpc) is 3.87. The number of nitrogens with one attached hydrogen (secondary N) is 1. The van der Waals surface area contributed by atoms with Crippen LogP contribution in [0, 0.1) is 10.8 Å². The van der Waals surface area contributed by atoms with E-state index in [2.05, 4.69) is 68.2 Å². The van der Waals surface area contributed by atoms with Crippen molar-refractivity contribution < 1.29 is 33.8 Å². The molecule has 4 aliphatic rings. The van der Waals surface area contributed by atoms with Gasteiger partial charge in [-0.05, 0) is 46.5 Å². The first-order chi connectivity index (χ1) is 24.1. The van der Waals surface area contributed by atoms with E-state index in [1.54, 1.807) is 6.92 Å². The van der Waals surface area contributed by atoms with E-state index in [1.165, 1.54) is 0 Å². The quantitative estimate of drug-likeness (QED) is 0.131. The van der Waals surface area contributed by atoms with Crippen molar-refractivity contribution in [2.45, 2.75) is 99.1 Å². The Kier molecular flexibility index (Phi) is 15.7. The molecular weight excluding hydrogens is 654 g/mol. The molecule has 0 aromatic carbocycles. The monoisotopic (exact) mass is 717 g/mol. The van der Waals surface area contributed by atoms with Crippen LogP contribution in [-0.4, -0.2) is 151 Å². The Morgan fingerprint density at radius 2 is 1.31 bits per heavy atom. The Balaban J connectivity index is 0.000000302. The fourth-order valence-corrected chi connectivity index (χ4v) is 7.68. The van der Waals surface area contributed by atoms with Crippen molar-refractivity contribution in [1.29, 1.82) is 0 Å². The van der Waals surface area contributed by atoms with Gasteiger partial charge in [-0.2, -0.15) is 0 Å². The van der Waals surface area contributed by atoms with E-state index in [9.17, 15) is 19.2 Å². The van der Waals surface area contributed by atoms with E-state index in [0.29, 0.717) is 31.5 Å². The van der Waals surface area contributed by atoms with Gasteiger partial charge in [0, 0.05) is 74.1 Å². The highest BCUT2D eigenvalue weighted by atomic mass is 16.6. The van der Waals surface area contributed by atoms with Crippen LogP contribution in [0.1, 0.15) is 87.0 Å². The Labute approximate surface area is 304 Å². The Hall–Kier alpha value is -3.68. The standard InChI is InChI=1S/C22H36N4O5.C15H27N3O2/c1-16(2)19(28)30-13-9-24-21(29)31-14-12-25-11-8-23-20(25)22(4,5)15-17(3)26-10-6-7-18(26)27;1-12(18-7-4-5-13(18)20)11-15(2,3)14-16-6-8-17(14)9-10-19/h17H,1,6-15H2,2-5H3,(H,24,29);12,19H,4-11H2,1-3H3. The maximum Gasteiger partial charge on any atom is 0.407 e. The number of hydrogen-bond acceptors (Lipinski definition) is 11. The first-order valence-corrected chi connectivity index (χ1v) is 18.6. The summed E-state index contributed by atoms with van der Waals surface area (Å²) in [5.74, 6) is 2.13. The number of aliphatic hydroxyl groups is 1. The number of amides is 3. The summed E-state index contributed by atoms with van der Waals surface area (Å²) in [6.45, 7) is 24.8. The van der Waals surface area contributed by atoms with Crippen molar-refractivity contribution in [2.75, 3.05) is 78.7 Å². The number of esters is 1. The number of likely N-dealkylation sites (tertiary alicyclic amines) is 2. The number of alkyl carbamates (subject to hydrolysis) is 1. The fraction of sp³-hybridized carbons (Fsp3) is 0.784. The van der Waals surface area contributed by atoms with Gasteiger partial charge in [0.15, 0.2) is 0 Å². The van der Waals surface area contributed by atoms with Gasteiger partial charge in [-0.15, -0.1) is 0 Å². The normalized spacial score (nSPS) is 19.1. The number of amidine groups is 2. The number of aliphatic hydroxyl groups excluding tert-OH is 1. The van der Waals surface area contributed by atoms with Gasteiger partial charge in [-0.3, -0.25) is 19.6 Å². The molecule has 288 valence electrons. The lowest BCUT2D eigenvalue weighted by molar-refractivity contribution is -0.138. The summed E-state index contributed by atoms with van der Waals surface area (Å²) in [6, 6.07) is 0.412. The van der Waals surface area contributed by atoms with Crippen molar-refractivity contribution in [1.82, 2.24) is 24.9 Å². The summed E-state index contributed by atoms with van der Waals surface area (Å²) in [4.78, 5) is 64.6. The molecule has 0 bridgehead atoms. The number of carbonyl (C=O) groups excluding carboxylic acids is 4. The zero-order valence-electron chi connectivity index (χ0n) is 32.2. The van der Waals surface area contributed by atoms with Crippen LogP contribution in [0.25, 0.3) is 0 Å². The zero-order valence-corrected chi connectivity index (χ0v) is 32.2. The molecular formula is C37H63N7O7. The summed E-state index contributed by atoms with van der Waals surface area (Å²) >= 11 is 0. The maximum atomic E-state index is 12.1. The van der Waals surface area contributed by atoms with E-state index in [0.717, 1.165) is 76.6 Å². The van der Waals surface area contributed by atoms with Gasteiger partial charge in [0.1, 0.15) is 24.9 Å². The molecule has 2 N–H and O–H groups in total. The molecule has 2 atom stereocenters. The lowest BCUT2D eigenvalue weighted by Crippen LogP contribution is -2.45. The molecule has 2 saturated heterocycles. The molecule has 0 radical (unpaired) electrons. The number of hydrogen-bond donors (Lipinski definition) is 2. The molecule has 14 nitrogen and oxygen atoms in total. The fourth-order valence-electron chi connectivity index (χ4n) is 7.68. The average molecular weight is 718 g/mol. The van der Waals surface area contributed by atoms with Gasteiger partial charge in [-0.1, -0.05) is 34.3 Å². The number of nitrogens with zero attached hydrogens (tertiary/aromatic N) is 6. The van der Waals surface area contributed by atoms with Gasteiger partial charge in [0.05, 0.1) is 32.8 Å². The van der Waals surface area contributed by atoms with Crippen LogP contribution in [0.2, 0.25) is 0 Å². The summed E-state index contributed by atoms with van der Waals surface area (Å²) in [7, 11) is 0. The lowest BCUT2D eigenvalue weighted by atomic mass is 9.83. The van der Waals surface area contributed by atoms with Crippen molar-refractivity contribution >= 4 is 35.5 Å². The molecule has 0 aromatic rings. The Morgan fingerprint density at radius 3 is 1.75 bits per heavy atom. The molecule has 0 saturated carbocycles. The second-order valence-corrected chi connectivity index (χ2v) is 15.3. The second-order valence-electron chi connectivity index (χ2n) is 15.3. The van der Waals surface area contributed by atoms with E-state index in [-0.39, 0.29) is 61.1 Å². The highest BCUT2D eigenvalue weighted by molar-refractivity contribution is 5.90.